The summed E-state index contributed by atoms with van der Waals surface area (Å²) in [5.74, 6) is 3.12. The molecule has 2 N–H and O–H groups in total. The highest BCUT2D eigenvalue weighted by Gasteiger charge is 2.09. The van der Waals surface area contributed by atoms with Crippen LogP contribution in [-0.2, 0) is 26.2 Å². The van der Waals surface area contributed by atoms with E-state index in [0.29, 0.717) is 24.6 Å². The molecular formula is C25H33IN4O3. The Morgan fingerprint density at radius 2 is 1.64 bits per heavy atom. The largest absolute Gasteiger partial charge is 0.493 e. The van der Waals surface area contributed by atoms with Crippen LogP contribution < -0.4 is 20.1 Å². The van der Waals surface area contributed by atoms with Crippen molar-refractivity contribution in [1.29, 1.82) is 0 Å². The molecule has 1 aromatic heterocycles. The number of benzene rings is 2. The molecule has 7 nitrogen and oxygen atoms in total. The van der Waals surface area contributed by atoms with Crippen LogP contribution in [0.1, 0.15) is 22.5 Å². The van der Waals surface area contributed by atoms with Crippen LogP contribution in [0.3, 0.4) is 0 Å². The van der Waals surface area contributed by atoms with E-state index in [9.17, 15) is 0 Å². The zero-order valence-electron chi connectivity index (χ0n) is 19.6. The number of hydrogen-bond donors (Lipinski definition) is 2. The number of furan rings is 1. The molecule has 0 aliphatic carbocycles. The van der Waals surface area contributed by atoms with Gasteiger partial charge in [-0.2, -0.15) is 0 Å². The highest BCUT2D eigenvalue weighted by atomic mass is 127. The van der Waals surface area contributed by atoms with E-state index < -0.39 is 0 Å². The molecule has 3 rings (SSSR count). The van der Waals surface area contributed by atoms with Gasteiger partial charge in [0.1, 0.15) is 5.76 Å². The van der Waals surface area contributed by atoms with Crippen LogP contribution in [0, 0.1) is 0 Å². The Hall–Kier alpha value is -2.72. The van der Waals surface area contributed by atoms with E-state index in [-0.39, 0.29) is 24.0 Å². The summed E-state index contributed by atoms with van der Waals surface area (Å²) in [6.45, 7) is 2.89. The molecule has 0 radical (unpaired) electrons. The first kappa shape index (κ1) is 26.5. The molecule has 0 spiro atoms. The van der Waals surface area contributed by atoms with Gasteiger partial charge in [0.05, 0.1) is 27.0 Å². The molecule has 0 bridgehead atoms. The van der Waals surface area contributed by atoms with Gasteiger partial charge in [0.2, 0.25) is 0 Å². The Morgan fingerprint density at radius 3 is 2.30 bits per heavy atom. The average Bonchev–Trinajstić information content (AvgIpc) is 3.32. The zero-order chi connectivity index (χ0) is 22.8. The lowest BCUT2D eigenvalue weighted by atomic mass is 10.1. The number of hydrogen-bond acceptors (Lipinski definition) is 5. The van der Waals surface area contributed by atoms with E-state index in [0.717, 1.165) is 30.4 Å². The first-order chi connectivity index (χ1) is 15.6. The number of ether oxygens (including phenoxy) is 2. The van der Waals surface area contributed by atoms with Crippen LogP contribution in [0.15, 0.2) is 70.3 Å². The number of nitrogens with zero attached hydrogens (tertiary/aromatic N) is 2. The highest BCUT2D eigenvalue weighted by Crippen LogP contribution is 2.27. The maximum Gasteiger partial charge on any atom is 0.191 e. The van der Waals surface area contributed by atoms with Crippen molar-refractivity contribution in [1.82, 2.24) is 15.5 Å². The summed E-state index contributed by atoms with van der Waals surface area (Å²) in [5, 5.41) is 6.77. The molecule has 0 atom stereocenters. The monoisotopic (exact) mass is 564 g/mol. The first-order valence-corrected chi connectivity index (χ1v) is 10.6. The van der Waals surface area contributed by atoms with Crippen LogP contribution in [0.4, 0.5) is 0 Å². The molecule has 1 heterocycles. The Labute approximate surface area is 213 Å². The highest BCUT2D eigenvalue weighted by molar-refractivity contribution is 14.0. The number of guanidine groups is 1. The van der Waals surface area contributed by atoms with Crippen molar-refractivity contribution in [3.8, 4) is 11.5 Å². The van der Waals surface area contributed by atoms with Crippen LogP contribution in [-0.4, -0.2) is 39.2 Å². The lowest BCUT2D eigenvalue weighted by molar-refractivity contribution is 0.287. The van der Waals surface area contributed by atoms with Gasteiger partial charge >= 0.3 is 0 Å². The van der Waals surface area contributed by atoms with E-state index in [1.807, 2.05) is 30.3 Å². The summed E-state index contributed by atoms with van der Waals surface area (Å²) < 4.78 is 16.2. The molecule has 0 saturated heterocycles. The second-order valence-electron chi connectivity index (χ2n) is 7.49. The third-order valence-corrected chi connectivity index (χ3v) is 5.14. The topological polar surface area (TPSA) is 71.3 Å². The number of halogens is 1. The fourth-order valence-corrected chi connectivity index (χ4v) is 3.48. The quantitative estimate of drug-likeness (QED) is 0.216. The van der Waals surface area contributed by atoms with Crippen molar-refractivity contribution in [3.63, 3.8) is 0 Å². The Morgan fingerprint density at radius 1 is 0.909 bits per heavy atom. The summed E-state index contributed by atoms with van der Waals surface area (Å²) in [7, 11) is 7.14. The maximum absolute atomic E-state index is 5.46. The van der Waals surface area contributed by atoms with E-state index in [1.54, 1.807) is 27.5 Å². The standard InChI is InChI=1S/C25H32N4O3.HI/c1-26-25(27-15-19-11-12-23(30-3)24(14-19)31-4)28-16-20-8-5-6-9-21(20)17-29(2)18-22-10-7-13-32-22;/h5-14H,15-18H2,1-4H3,(H2,26,27,28);1H. The molecule has 8 heteroatoms. The fourth-order valence-electron chi connectivity index (χ4n) is 3.48. The molecule has 0 saturated carbocycles. The SMILES string of the molecule is CN=C(NCc1ccc(OC)c(OC)c1)NCc1ccccc1CN(C)Cc1ccco1.I. The van der Waals surface area contributed by atoms with Gasteiger partial charge in [-0.3, -0.25) is 9.89 Å². The molecule has 0 fully saturated rings. The van der Waals surface area contributed by atoms with Gasteiger partial charge in [-0.15, -0.1) is 24.0 Å². The molecule has 0 aliphatic rings. The number of aliphatic imine (C=N–C) groups is 1. The Kier molecular flexibility index (Phi) is 11.0. The Bertz CT molecular complexity index is 1010. The van der Waals surface area contributed by atoms with Crippen molar-refractivity contribution >= 4 is 29.9 Å². The lowest BCUT2D eigenvalue weighted by Gasteiger charge is -2.19. The second-order valence-corrected chi connectivity index (χ2v) is 7.49. The molecule has 3 aromatic rings. The second kappa shape index (κ2) is 13.7. The summed E-state index contributed by atoms with van der Waals surface area (Å²) in [6.07, 6.45) is 1.71. The fraction of sp³-hybridized carbons (Fsp3) is 0.320. The van der Waals surface area contributed by atoms with Crippen LogP contribution in [0.5, 0.6) is 11.5 Å². The predicted molar refractivity (Wildman–Crippen MR) is 142 cm³/mol. The maximum atomic E-state index is 5.46. The van der Waals surface area contributed by atoms with Crippen molar-refractivity contribution < 1.29 is 13.9 Å². The number of methoxy groups -OCH3 is 2. The minimum Gasteiger partial charge on any atom is -0.493 e. The van der Waals surface area contributed by atoms with Gasteiger partial charge in [0.15, 0.2) is 17.5 Å². The Balaban J connectivity index is 0.00000385. The summed E-state index contributed by atoms with van der Waals surface area (Å²) >= 11 is 0. The molecule has 2 aromatic carbocycles. The third-order valence-electron chi connectivity index (χ3n) is 5.14. The molecule has 33 heavy (non-hydrogen) atoms. The van der Waals surface area contributed by atoms with E-state index in [2.05, 4.69) is 51.8 Å². The minimum atomic E-state index is 0. The van der Waals surface area contributed by atoms with Crippen molar-refractivity contribution in [3.05, 3.63) is 83.3 Å². The van der Waals surface area contributed by atoms with E-state index in [1.165, 1.54) is 11.1 Å². The average molecular weight is 564 g/mol. The van der Waals surface area contributed by atoms with Gasteiger partial charge in [0, 0.05) is 26.7 Å². The first-order valence-electron chi connectivity index (χ1n) is 10.6. The summed E-state index contributed by atoms with van der Waals surface area (Å²) in [4.78, 5) is 6.59. The summed E-state index contributed by atoms with van der Waals surface area (Å²) in [6, 6.07) is 18.2. The molecule has 0 aliphatic heterocycles. The van der Waals surface area contributed by atoms with Gasteiger partial charge in [-0.05, 0) is 48.0 Å². The number of rotatable bonds is 10. The molecule has 0 amide bonds. The smallest absolute Gasteiger partial charge is 0.191 e. The lowest BCUT2D eigenvalue weighted by Crippen LogP contribution is -2.36. The normalized spacial score (nSPS) is 11.1. The molecule has 178 valence electrons. The van der Waals surface area contributed by atoms with Gasteiger partial charge in [-0.25, -0.2) is 0 Å². The van der Waals surface area contributed by atoms with Gasteiger partial charge in [0.25, 0.3) is 0 Å². The van der Waals surface area contributed by atoms with Crippen molar-refractivity contribution in [2.24, 2.45) is 4.99 Å². The molecule has 0 unspecified atom stereocenters. The van der Waals surface area contributed by atoms with E-state index >= 15 is 0 Å². The summed E-state index contributed by atoms with van der Waals surface area (Å²) in [5.41, 5.74) is 3.57. The predicted octanol–water partition coefficient (Wildman–Crippen LogP) is 4.41. The van der Waals surface area contributed by atoms with Crippen LogP contribution >= 0.6 is 24.0 Å². The zero-order valence-corrected chi connectivity index (χ0v) is 22.0. The van der Waals surface area contributed by atoms with Crippen molar-refractivity contribution in [2.75, 3.05) is 28.3 Å². The van der Waals surface area contributed by atoms with Gasteiger partial charge < -0.3 is 24.5 Å². The third kappa shape index (κ3) is 7.97. The van der Waals surface area contributed by atoms with Crippen molar-refractivity contribution in [2.45, 2.75) is 26.2 Å². The van der Waals surface area contributed by atoms with E-state index in [4.69, 9.17) is 13.9 Å². The minimum absolute atomic E-state index is 0. The molecular weight excluding hydrogens is 531 g/mol. The number of nitrogens with one attached hydrogen (secondary N) is 2. The van der Waals surface area contributed by atoms with Crippen LogP contribution in [0.25, 0.3) is 0 Å². The van der Waals surface area contributed by atoms with Crippen LogP contribution in [0.2, 0.25) is 0 Å². The van der Waals surface area contributed by atoms with Gasteiger partial charge in [-0.1, -0.05) is 30.3 Å².